The lowest BCUT2D eigenvalue weighted by Crippen LogP contribution is -2.11. The number of aromatic nitrogens is 1. The Kier molecular flexibility index (Phi) is 2.49. The van der Waals surface area contributed by atoms with Crippen LogP contribution in [0.5, 0.6) is 0 Å². The lowest BCUT2D eigenvalue weighted by Gasteiger charge is -2.01. The second-order valence-electron chi connectivity index (χ2n) is 3.12. The first-order valence-electron chi connectivity index (χ1n) is 4.55. The van der Waals surface area contributed by atoms with Crippen molar-refractivity contribution in [1.29, 1.82) is 0 Å². The van der Waals surface area contributed by atoms with Crippen LogP contribution < -0.4 is 5.32 Å². The minimum atomic E-state index is -0.165. The van der Waals surface area contributed by atoms with Crippen LogP contribution in [0.25, 0.3) is 0 Å². The van der Waals surface area contributed by atoms with Crippen molar-refractivity contribution >= 4 is 11.6 Å². The third-order valence-electron chi connectivity index (χ3n) is 2.03. The summed E-state index contributed by atoms with van der Waals surface area (Å²) >= 11 is 0. The molecule has 1 amide bonds. The van der Waals surface area contributed by atoms with E-state index >= 15 is 0 Å². The van der Waals surface area contributed by atoms with E-state index < -0.39 is 0 Å². The van der Waals surface area contributed by atoms with E-state index in [0.717, 1.165) is 0 Å². The number of carbonyl (C=O) groups excluding carboxylic acids is 1. The Labute approximate surface area is 86.9 Å². The van der Waals surface area contributed by atoms with Gasteiger partial charge < -0.3 is 9.84 Å². The number of nitrogens with zero attached hydrogens (tertiary/aromatic N) is 1. The molecule has 2 aromatic rings. The van der Waals surface area contributed by atoms with Gasteiger partial charge in [0.25, 0.3) is 5.91 Å². The third kappa shape index (κ3) is 2.04. The van der Waals surface area contributed by atoms with E-state index in [1.165, 1.54) is 6.20 Å². The third-order valence-corrected chi connectivity index (χ3v) is 2.03. The van der Waals surface area contributed by atoms with Crippen molar-refractivity contribution in [3.05, 3.63) is 47.9 Å². The summed E-state index contributed by atoms with van der Waals surface area (Å²) in [5.41, 5.74) is 1.21. The van der Waals surface area contributed by atoms with E-state index in [1.54, 1.807) is 19.1 Å². The Morgan fingerprint density at radius 2 is 2.07 bits per heavy atom. The molecule has 0 bridgehead atoms. The number of amides is 1. The highest BCUT2D eigenvalue weighted by Crippen LogP contribution is 2.13. The van der Waals surface area contributed by atoms with Gasteiger partial charge in [-0.3, -0.25) is 4.79 Å². The molecule has 0 aliphatic carbocycles. The molecule has 0 fully saturated rings. The lowest BCUT2D eigenvalue weighted by molar-refractivity contribution is 0.102. The Morgan fingerprint density at radius 1 is 1.33 bits per heavy atom. The lowest BCUT2D eigenvalue weighted by atomic mass is 10.2. The average Bonchev–Trinajstić information content (AvgIpc) is 2.66. The van der Waals surface area contributed by atoms with Crippen molar-refractivity contribution < 1.29 is 9.32 Å². The Balaban J connectivity index is 2.15. The van der Waals surface area contributed by atoms with Gasteiger partial charge in [-0.25, -0.2) is 0 Å². The average molecular weight is 202 g/mol. The zero-order valence-corrected chi connectivity index (χ0v) is 8.23. The van der Waals surface area contributed by atoms with Crippen LogP contribution in [0.15, 0.2) is 41.1 Å². The zero-order valence-electron chi connectivity index (χ0n) is 8.23. The number of carbonyl (C=O) groups is 1. The summed E-state index contributed by atoms with van der Waals surface area (Å²) in [5, 5.41) is 6.29. The first kappa shape index (κ1) is 9.45. The fourth-order valence-electron chi connectivity index (χ4n) is 1.20. The molecule has 0 spiro atoms. The molecule has 15 heavy (non-hydrogen) atoms. The minimum absolute atomic E-state index is 0.165. The molecule has 0 aliphatic rings. The maximum absolute atomic E-state index is 11.7. The van der Waals surface area contributed by atoms with Gasteiger partial charge in [0.2, 0.25) is 0 Å². The Bertz CT molecular complexity index is 462. The van der Waals surface area contributed by atoms with Crippen LogP contribution in [0.3, 0.4) is 0 Å². The van der Waals surface area contributed by atoms with E-state index in [4.69, 9.17) is 4.52 Å². The van der Waals surface area contributed by atoms with E-state index in [0.29, 0.717) is 17.0 Å². The molecular weight excluding hydrogens is 192 g/mol. The number of rotatable bonds is 2. The molecule has 76 valence electrons. The van der Waals surface area contributed by atoms with Gasteiger partial charge in [-0.05, 0) is 19.1 Å². The summed E-state index contributed by atoms with van der Waals surface area (Å²) in [6, 6.07) is 8.99. The van der Waals surface area contributed by atoms with Gasteiger partial charge in [0, 0.05) is 5.56 Å². The maximum atomic E-state index is 11.7. The van der Waals surface area contributed by atoms with Crippen molar-refractivity contribution in [3.8, 4) is 0 Å². The van der Waals surface area contributed by atoms with Crippen LogP contribution in [-0.2, 0) is 0 Å². The van der Waals surface area contributed by atoms with E-state index in [9.17, 15) is 4.79 Å². The number of aryl methyl sites for hydroxylation is 1. The van der Waals surface area contributed by atoms with Crippen LogP contribution in [0.4, 0.5) is 5.69 Å². The van der Waals surface area contributed by atoms with Crippen LogP contribution >= 0.6 is 0 Å². The highest BCUT2D eigenvalue weighted by molar-refractivity contribution is 6.04. The van der Waals surface area contributed by atoms with Gasteiger partial charge in [0.15, 0.2) is 5.76 Å². The monoisotopic (exact) mass is 202 g/mol. The molecule has 1 heterocycles. The summed E-state index contributed by atoms with van der Waals surface area (Å²) in [5.74, 6) is 0.432. The summed E-state index contributed by atoms with van der Waals surface area (Å²) in [7, 11) is 0. The first-order valence-corrected chi connectivity index (χ1v) is 4.55. The maximum Gasteiger partial charge on any atom is 0.255 e. The van der Waals surface area contributed by atoms with Crippen LogP contribution in [0.1, 0.15) is 16.1 Å². The van der Waals surface area contributed by atoms with E-state index in [-0.39, 0.29) is 5.91 Å². The molecule has 0 unspecified atom stereocenters. The van der Waals surface area contributed by atoms with Crippen molar-refractivity contribution in [2.24, 2.45) is 0 Å². The molecule has 1 N–H and O–H groups in total. The van der Waals surface area contributed by atoms with E-state index in [1.807, 2.05) is 18.2 Å². The predicted molar refractivity (Wildman–Crippen MR) is 55.6 cm³/mol. The standard InChI is InChI=1S/C11H10N2O2/c1-8-10(7-12-15-8)13-11(14)9-5-3-2-4-6-9/h2-7H,1H3,(H,13,14). The molecule has 4 heteroatoms. The molecule has 0 saturated carbocycles. The molecule has 0 atom stereocenters. The number of nitrogens with one attached hydrogen (secondary N) is 1. The second kappa shape index (κ2) is 3.96. The smallest absolute Gasteiger partial charge is 0.255 e. The quantitative estimate of drug-likeness (QED) is 0.812. The van der Waals surface area contributed by atoms with Gasteiger partial charge in [0.05, 0.1) is 6.20 Å². The van der Waals surface area contributed by atoms with Gasteiger partial charge >= 0.3 is 0 Å². The predicted octanol–water partition coefficient (Wildman–Crippen LogP) is 2.24. The molecule has 0 radical (unpaired) electrons. The van der Waals surface area contributed by atoms with Gasteiger partial charge in [-0.2, -0.15) is 0 Å². The summed E-state index contributed by atoms with van der Waals surface area (Å²) in [4.78, 5) is 11.7. The van der Waals surface area contributed by atoms with Gasteiger partial charge in [-0.15, -0.1) is 0 Å². The van der Waals surface area contributed by atoms with Crippen LogP contribution in [0, 0.1) is 6.92 Å². The van der Waals surface area contributed by atoms with Crippen molar-refractivity contribution in [2.45, 2.75) is 6.92 Å². The van der Waals surface area contributed by atoms with Crippen LogP contribution in [-0.4, -0.2) is 11.1 Å². The molecular formula is C11H10N2O2. The fourth-order valence-corrected chi connectivity index (χ4v) is 1.20. The van der Waals surface area contributed by atoms with Crippen molar-refractivity contribution in [2.75, 3.05) is 5.32 Å². The largest absolute Gasteiger partial charge is 0.359 e. The van der Waals surface area contributed by atoms with Gasteiger partial charge in [-0.1, -0.05) is 23.4 Å². The molecule has 1 aromatic carbocycles. The molecule has 0 aliphatic heterocycles. The highest BCUT2D eigenvalue weighted by atomic mass is 16.5. The first-order chi connectivity index (χ1) is 7.27. The molecule has 0 saturated heterocycles. The molecule has 1 aromatic heterocycles. The number of anilines is 1. The number of hydrogen-bond acceptors (Lipinski definition) is 3. The van der Waals surface area contributed by atoms with Crippen molar-refractivity contribution in [1.82, 2.24) is 5.16 Å². The Hall–Kier alpha value is -2.10. The fraction of sp³-hybridized carbons (Fsp3) is 0.0909. The normalized spacial score (nSPS) is 9.93. The zero-order chi connectivity index (χ0) is 10.7. The van der Waals surface area contributed by atoms with Crippen LogP contribution in [0.2, 0.25) is 0 Å². The molecule has 4 nitrogen and oxygen atoms in total. The summed E-state index contributed by atoms with van der Waals surface area (Å²) < 4.78 is 4.84. The van der Waals surface area contributed by atoms with Gasteiger partial charge in [0.1, 0.15) is 5.69 Å². The summed E-state index contributed by atoms with van der Waals surface area (Å²) in [6.45, 7) is 1.74. The number of hydrogen-bond donors (Lipinski definition) is 1. The number of benzene rings is 1. The van der Waals surface area contributed by atoms with Crippen molar-refractivity contribution in [3.63, 3.8) is 0 Å². The SMILES string of the molecule is Cc1oncc1NC(=O)c1ccccc1. The Morgan fingerprint density at radius 3 is 2.67 bits per heavy atom. The topological polar surface area (TPSA) is 55.1 Å². The minimum Gasteiger partial charge on any atom is -0.359 e. The summed E-state index contributed by atoms with van der Waals surface area (Å²) in [6.07, 6.45) is 1.48. The second-order valence-corrected chi connectivity index (χ2v) is 3.12. The highest BCUT2D eigenvalue weighted by Gasteiger charge is 2.08. The molecule has 2 rings (SSSR count). The van der Waals surface area contributed by atoms with E-state index in [2.05, 4.69) is 10.5 Å².